The quantitative estimate of drug-likeness (QED) is 0.192. The Hall–Kier alpha value is -1.12. The van der Waals surface area contributed by atoms with E-state index in [1.54, 1.807) is 0 Å². The molecule has 0 amide bonds. The Morgan fingerprint density at radius 1 is 0.727 bits per heavy atom. The van der Waals surface area contributed by atoms with E-state index in [-0.39, 0.29) is 18.8 Å². The van der Waals surface area contributed by atoms with Gasteiger partial charge in [-0.25, -0.2) is 0 Å². The summed E-state index contributed by atoms with van der Waals surface area (Å²) in [5.41, 5.74) is 0. The van der Waals surface area contributed by atoms with Crippen molar-refractivity contribution in [2.75, 3.05) is 13.2 Å². The first kappa shape index (κ1) is 36.4. The summed E-state index contributed by atoms with van der Waals surface area (Å²) in [5.74, 6) is 3.56. The third-order valence-electron chi connectivity index (χ3n) is 6.76. The number of allylic oxidation sites excluding steroid dienone is 1. The molecule has 0 heterocycles. The highest BCUT2D eigenvalue weighted by atomic mass is 16.4. The summed E-state index contributed by atoms with van der Waals surface area (Å²) >= 11 is 0. The van der Waals surface area contributed by atoms with Gasteiger partial charge in [0.15, 0.2) is 6.29 Å². The van der Waals surface area contributed by atoms with Crippen LogP contribution in [0.5, 0.6) is 0 Å². The molecule has 0 aromatic heterocycles. The van der Waals surface area contributed by atoms with Gasteiger partial charge in [-0.15, -0.1) is 0 Å². The molecular formula is C26H52O7. The molecule has 9 unspecified atom stereocenters. The van der Waals surface area contributed by atoms with Crippen LogP contribution in [0.15, 0.2) is 12.2 Å². The van der Waals surface area contributed by atoms with Crippen LogP contribution >= 0.6 is 0 Å². The molecule has 198 valence electrons. The Morgan fingerprint density at radius 2 is 1.18 bits per heavy atom. The van der Waals surface area contributed by atoms with Crippen LogP contribution in [0, 0.1) is 35.5 Å². The zero-order valence-electron chi connectivity index (χ0n) is 22.1. The van der Waals surface area contributed by atoms with Crippen molar-refractivity contribution in [3.8, 4) is 0 Å². The third kappa shape index (κ3) is 17.9. The molecule has 33 heavy (non-hydrogen) atoms. The summed E-state index contributed by atoms with van der Waals surface area (Å²) in [7, 11) is 0. The molecule has 7 heteroatoms. The van der Waals surface area contributed by atoms with E-state index in [1.165, 1.54) is 12.8 Å². The Morgan fingerprint density at radius 3 is 1.52 bits per heavy atom. The van der Waals surface area contributed by atoms with Gasteiger partial charge in [0.1, 0.15) is 24.6 Å². The zero-order valence-corrected chi connectivity index (χ0v) is 22.1. The van der Waals surface area contributed by atoms with Gasteiger partial charge in [-0.3, -0.25) is 0 Å². The first-order valence-corrected chi connectivity index (χ1v) is 12.2. The van der Waals surface area contributed by atoms with E-state index >= 15 is 0 Å². The normalized spacial score (nSPS) is 19.3. The number of hydrogen-bond acceptors (Lipinski definition) is 7. The first-order chi connectivity index (χ1) is 15.4. The molecule has 0 aromatic rings. The largest absolute Gasteiger partial charge is 0.396 e. The number of carbonyl (C=O) groups excluding carboxylic acids is 2. The first-order valence-electron chi connectivity index (χ1n) is 12.2. The second-order valence-electron chi connectivity index (χ2n) is 9.15. The fraction of sp³-hybridized carbons (Fsp3) is 0.846. The number of hydrogen-bond donors (Lipinski definition) is 5. The lowest BCUT2D eigenvalue weighted by Gasteiger charge is -2.22. The maximum absolute atomic E-state index is 10.4. The van der Waals surface area contributed by atoms with Gasteiger partial charge in [0.2, 0.25) is 0 Å². The van der Waals surface area contributed by atoms with Crippen LogP contribution in [0.1, 0.15) is 74.7 Å². The minimum Gasteiger partial charge on any atom is -0.396 e. The molecular weight excluding hydrogens is 424 g/mol. The molecule has 0 aromatic carbocycles. The minimum atomic E-state index is -1.64. The number of aldehydes is 2. The van der Waals surface area contributed by atoms with E-state index < -0.39 is 24.9 Å². The molecule has 0 fully saturated rings. The summed E-state index contributed by atoms with van der Waals surface area (Å²) in [4.78, 5) is 20.1. The Balaban J connectivity index is -0.000000415. The third-order valence-corrected chi connectivity index (χ3v) is 6.76. The molecule has 0 aliphatic carbocycles. The Labute approximate surface area is 201 Å². The molecule has 5 N–H and O–H groups in total. The standard InChI is InChI=1S/C12H24O.C9H18O.C5H10O5/c1-5-10(2)12(4)11(3)8-6-7-9-13;1-5-7(2)9(4)8(3)6-10;6-1-3(8)5(10)4(9)2-7/h6,8,10-13H,5,7,9H2,1-4H3;6-9H,5H2,1-4H3;1,3-5,7-10H,2H2/b8-6+;;. The van der Waals surface area contributed by atoms with Crippen molar-refractivity contribution in [2.45, 2.75) is 93.0 Å². The highest BCUT2D eigenvalue weighted by molar-refractivity contribution is 5.56. The predicted molar refractivity (Wildman–Crippen MR) is 134 cm³/mol. The summed E-state index contributed by atoms with van der Waals surface area (Å²) in [6, 6.07) is 0. The van der Waals surface area contributed by atoms with Crippen LogP contribution < -0.4 is 0 Å². The SMILES string of the molecule is CCC(C)C(C)C(C)/C=C/CCO.CCC(C)C(C)C(C)C=O.O=CC(O)C(O)C(O)CO. The summed E-state index contributed by atoms with van der Waals surface area (Å²) in [5, 5.41) is 42.7. The highest BCUT2D eigenvalue weighted by Gasteiger charge is 2.23. The smallest absolute Gasteiger partial charge is 0.151 e. The number of rotatable bonds is 14. The molecule has 0 bridgehead atoms. The van der Waals surface area contributed by atoms with Crippen LogP contribution in [-0.2, 0) is 9.59 Å². The van der Waals surface area contributed by atoms with Crippen LogP contribution in [0.3, 0.4) is 0 Å². The van der Waals surface area contributed by atoms with Gasteiger partial charge in [0.25, 0.3) is 0 Å². The van der Waals surface area contributed by atoms with Crippen molar-refractivity contribution >= 4 is 12.6 Å². The molecule has 7 nitrogen and oxygen atoms in total. The number of aliphatic hydroxyl groups is 5. The van der Waals surface area contributed by atoms with E-state index in [0.29, 0.717) is 17.8 Å². The fourth-order valence-corrected chi connectivity index (χ4v) is 2.88. The van der Waals surface area contributed by atoms with Gasteiger partial charge in [0.05, 0.1) is 6.61 Å². The summed E-state index contributed by atoms with van der Waals surface area (Å²) in [6.07, 6.45) is 3.94. The lowest BCUT2D eigenvalue weighted by molar-refractivity contribution is -0.127. The van der Waals surface area contributed by atoms with Crippen molar-refractivity contribution in [1.82, 2.24) is 0 Å². The van der Waals surface area contributed by atoms with Crippen molar-refractivity contribution in [1.29, 1.82) is 0 Å². The van der Waals surface area contributed by atoms with E-state index in [4.69, 9.17) is 25.5 Å². The highest BCUT2D eigenvalue weighted by Crippen LogP contribution is 2.24. The van der Waals surface area contributed by atoms with Crippen LogP contribution in [0.25, 0.3) is 0 Å². The van der Waals surface area contributed by atoms with Gasteiger partial charge in [-0.2, -0.15) is 0 Å². The van der Waals surface area contributed by atoms with Gasteiger partial charge < -0.3 is 35.1 Å². The maximum atomic E-state index is 10.4. The Kier molecular flexibility index (Phi) is 25.0. The lowest BCUT2D eigenvalue weighted by atomic mass is 9.83. The van der Waals surface area contributed by atoms with Gasteiger partial charge >= 0.3 is 0 Å². The second kappa shape index (κ2) is 22.7. The van der Waals surface area contributed by atoms with E-state index in [0.717, 1.165) is 24.5 Å². The number of aliphatic hydroxyl groups excluding tert-OH is 5. The summed E-state index contributed by atoms with van der Waals surface area (Å²) in [6.45, 7) is 17.2. The van der Waals surface area contributed by atoms with Crippen LogP contribution in [-0.4, -0.2) is 69.6 Å². The zero-order chi connectivity index (χ0) is 26.6. The van der Waals surface area contributed by atoms with Crippen LogP contribution in [0.4, 0.5) is 0 Å². The monoisotopic (exact) mass is 476 g/mol. The second-order valence-corrected chi connectivity index (χ2v) is 9.15. The molecule has 0 aliphatic rings. The molecule has 0 saturated heterocycles. The van der Waals surface area contributed by atoms with Crippen molar-refractivity contribution in [3.05, 3.63) is 12.2 Å². The molecule has 0 rings (SSSR count). The molecule has 0 radical (unpaired) electrons. The predicted octanol–water partition coefficient (Wildman–Crippen LogP) is 3.01. The molecule has 0 spiro atoms. The van der Waals surface area contributed by atoms with Gasteiger partial charge in [0, 0.05) is 12.5 Å². The number of carbonyl (C=O) groups is 2. The molecule has 0 aliphatic heterocycles. The van der Waals surface area contributed by atoms with E-state index in [9.17, 15) is 9.59 Å². The van der Waals surface area contributed by atoms with Crippen molar-refractivity contribution in [2.24, 2.45) is 35.5 Å². The fourth-order valence-electron chi connectivity index (χ4n) is 2.88. The van der Waals surface area contributed by atoms with E-state index in [2.05, 4.69) is 60.6 Å². The van der Waals surface area contributed by atoms with Crippen LogP contribution in [0.2, 0.25) is 0 Å². The van der Waals surface area contributed by atoms with Gasteiger partial charge in [-0.05, 0) is 36.0 Å². The molecule has 0 saturated carbocycles. The summed E-state index contributed by atoms with van der Waals surface area (Å²) < 4.78 is 0. The average Bonchev–Trinajstić information content (AvgIpc) is 2.85. The van der Waals surface area contributed by atoms with Gasteiger partial charge in [-0.1, -0.05) is 80.4 Å². The Bertz CT molecular complexity index is 457. The maximum Gasteiger partial charge on any atom is 0.151 e. The van der Waals surface area contributed by atoms with E-state index in [1.807, 2.05) is 6.92 Å². The minimum absolute atomic E-state index is 0.0869. The topological polar surface area (TPSA) is 135 Å². The van der Waals surface area contributed by atoms with Crippen molar-refractivity contribution in [3.63, 3.8) is 0 Å². The van der Waals surface area contributed by atoms with Crippen molar-refractivity contribution < 1.29 is 35.1 Å². The average molecular weight is 477 g/mol. The lowest BCUT2D eigenvalue weighted by Crippen LogP contribution is -2.40. The molecule has 9 atom stereocenters.